The second-order valence-corrected chi connectivity index (χ2v) is 7.36. The molecule has 0 bridgehead atoms. The fourth-order valence-electron chi connectivity index (χ4n) is 2.51. The molecule has 7 heteroatoms. The van der Waals surface area contributed by atoms with Crippen LogP contribution in [0.25, 0.3) is 0 Å². The molecule has 3 N–H and O–H groups in total. The fraction of sp³-hybridized carbons (Fsp3) is 0.714. The topological polar surface area (TPSA) is 80.5 Å². The number of likely N-dealkylation sites (tertiary alicyclic amines) is 1. The van der Waals surface area contributed by atoms with Crippen molar-refractivity contribution in [3.05, 3.63) is 16.6 Å². The van der Waals surface area contributed by atoms with Crippen LogP contribution in [0, 0.1) is 5.92 Å². The van der Waals surface area contributed by atoms with Gasteiger partial charge in [-0.15, -0.1) is 11.3 Å². The molecule has 21 heavy (non-hydrogen) atoms. The summed E-state index contributed by atoms with van der Waals surface area (Å²) in [6, 6.07) is 0.128. The number of ether oxygens (including phenoxy) is 1. The van der Waals surface area contributed by atoms with Gasteiger partial charge < -0.3 is 9.64 Å². The number of hydrazine groups is 1. The minimum atomic E-state index is -0.457. The zero-order valence-corrected chi connectivity index (χ0v) is 13.7. The van der Waals surface area contributed by atoms with Crippen molar-refractivity contribution in [2.45, 2.75) is 45.3 Å². The molecule has 1 aliphatic heterocycles. The van der Waals surface area contributed by atoms with Crippen molar-refractivity contribution in [3.63, 3.8) is 0 Å². The minimum absolute atomic E-state index is 0.128. The lowest BCUT2D eigenvalue weighted by Gasteiger charge is -2.25. The van der Waals surface area contributed by atoms with Crippen LogP contribution in [0.1, 0.15) is 32.2 Å². The summed E-state index contributed by atoms with van der Waals surface area (Å²) in [6.45, 7) is 7.03. The van der Waals surface area contributed by atoms with Gasteiger partial charge >= 0.3 is 6.09 Å². The first-order valence-corrected chi connectivity index (χ1v) is 8.09. The number of nitrogens with one attached hydrogen (secondary N) is 1. The van der Waals surface area contributed by atoms with E-state index in [1.807, 2.05) is 26.2 Å². The number of hydrogen-bond acceptors (Lipinski definition) is 6. The molecule has 1 aliphatic rings. The molecular weight excluding hydrogens is 288 g/mol. The van der Waals surface area contributed by atoms with Crippen LogP contribution in [0.15, 0.2) is 11.6 Å². The molecule has 1 fully saturated rings. The van der Waals surface area contributed by atoms with E-state index in [2.05, 4.69) is 10.4 Å². The van der Waals surface area contributed by atoms with Crippen molar-refractivity contribution in [3.8, 4) is 0 Å². The molecule has 1 amide bonds. The highest BCUT2D eigenvalue weighted by Gasteiger charge is 2.33. The van der Waals surface area contributed by atoms with Crippen LogP contribution in [-0.2, 0) is 11.2 Å². The highest BCUT2D eigenvalue weighted by molar-refractivity contribution is 7.09. The van der Waals surface area contributed by atoms with Gasteiger partial charge in [-0.3, -0.25) is 11.3 Å². The first-order chi connectivity index (χ1) is 9.89. The lowest BCUT2D eigenvalue weighted by atomic mass is 9.97. The van der Waals surface area contributed by atoms with Crippen molar-refractivity contribution in [1.82, 2.24) is 15.3 Å². The van der Waals surface area contributed by atoms with E-state index in [0.29, 0.717) is 12.5 Å². The lowest BCUT2D eigenvalue weighted by molar-refractivity contribution is 0.0285. The van der Waals surface area contributed by atoms with Gasteiger partial charge in [0.05, 0.1) is 5.01 Å². The smallest absolute Gasteiger partial charge is 0.410 e. The second-order valence-electron chi connectivity index (χ2n) is 6.38. The largest absolute Gasteiger partial charge is 0.444 e. The first kappa shape index (κ1) is 16.2. The molecule has 1 saturated heterocycles. The normalized spacial score (nSPS) is 20.6. The Balaban J connectivity index is 1.89. The van der Waals surface area contributed by atoms with Gasteiger partial charge in [-0.2, -0.15) is 0 Å². The maximum atomic E-state index is 12.1. The highest BCUT2D eigenvalue weighted by Crippen LogP contribution is 2.24. The third-order valence-corrected chi connectivity index (χ3v) is 4.34. The predicted octanol–water partition coefficient (Wildman–Crippen LogP) is 1.77. The van der Waals surface area contributed by atoms with Crippen LogP contribution >= 0.6 is 11.3 Å². The Morgan fingerprint density at radius 3 is 3.00 bits per heavy atom. The van der Waals surface area contributed by atoms with Crippen LogP contribution in [0.4, 0.5) is 4.79 Å². The first-order valence-electron chi connectivity index (χ1n) is 7.21. The number of hydrogen-bond donors (Lipinski definition) is 2. The summed E-state index contributed by atoms with van der Waals surface area (Å²) in [5.41, 5.74) is 2.42. The zero-order valence-electron chi connectivity index (χ0n) is 12.8. The predicted molar refractivity (Wildman–Crippen MR) is 82.8 cm³/mol. The molecule has 1 aromatic heterocycles. The molecule has 118 valence electrons. The Kier molecular flexibility index (Phi) is 5.18. The number of rotatable bonds is 4. The molecule has 2 atom stereocenters. The van der Waals surface area contributed by atoms with E-state index < -0.39 is 5.60 Å². The van der Waals surface area contributed by atoms with Gasteiger partial charge in [0, 0.05) is 37.1 Å². The molecule has 1 aromatic rings. The summed E-state index contributed by atoms with van der Waals surface area (Å²) < 4.78 is 5.41. The number of thiazole rings is 1. The van der Waals surface area contributed by atoms with E-state index in [1.165, 1.54) is 0 Å². The molecule has 0 spiro atoms. The Morgan fingerprint density at radius 1 is 1.67 bits per heavy atom. The highest BCUT2D eigenvalue weighted by atomic mass is 32.1. The van der Waals surface area contributed by atoms with Gasteiger partial charge in [-0.25, -0.2) is 9.78 Å². The third kappa shape index (κ3) is 4.66. The van der Waals surface area contributed by atoms with Crippen molar-refractivity contribution in [2.75, 3.05) is 13.1 Å². The average Bonchev–Trinajstić information content (AvgIpc) is 3.05. The number of aromatic nitrogens is 1. The van der Waals surface area contributed by atoms with Crippen molar-refractivity contribution >= 4 is 17.4 Å². The third-order valence-electron chi connectivity index (χ3n) is 3.54. The summed E-state index contributed by atoms with van der Waals surface area (Å²) in [5.74, 6) is 6.01. The van der Waals surface area contributed by atoms with Gasteiger partial charge in [0.2, 0.25) is 0 Å². The van der Waals surface area contributed by atoms with Gasteiger partial charge in [-0.05, 0) is 33.1 Å². The SMILES string of the molecule is CC(C)(C)OC(=O)N1CCC(C(Cc2nccs2)NN)C1. The zero-order chi connectivity index (χ0) is 15.5. The molecule has 0 saturated carbocycles. The number of nitrogens with two attached hydrogens (primary N) is 1. The Hall–Kier alpha value is -1.18. The van der Waals surface area contributed by atoms with Crippen molar-refractivity contribution in [2.24, 2.45) is 11.8 Å². The van der Waals surface area contributed by atoms with E-state index in [9.17, 15) is 4.79 Å². The van der Waals surface area contributed by atoms with Gasteiger partial charge in [-0.1, -0.05) is 0 Å². The molecule has 0 aliphatic carbocycles. The van der Waals surface area contributed by atoms with Crippen LogP contribution < -0.4 is 11.3 Å². The fourth-order valence-corrected chi connectivity index (χ4v) is 3.19. The molecule has 2 rings (SSSR count). The Labute approximate surface area is 129 Å². The molecule has 0 radical (unpaired) electrons. The van der Waals surface area contributed by atoms with Crippen molar-refractivity contribution in [1.29, 1.82) is 0 Å². The van der Waals surface area contributed by atoms with Gasteiger partial charge in [0.1, 0.15) is 5.60 Å². The molecule has 0 aromatic carbocycles. The van der Waals surface area contributed by atoms with E-state index >= 15 is 0 Å². The van der Waals surface area contributed by atoms with E-state index in [-0.39, 0.29) is 12.1 Å². The lowest BCUT2D eigenvalue weighted by Crippen LogP contribution is -2.44. The number of nitrogens with zero attached hydrogens (tertiary/aromatic N) is 2. The average molecular weight is 312 g/mol. The number of carbonyl (C=O) groups is 1. The molecule has 2 heterocycles. The van der Waals surface area contributed by atoms with Crippen LogP contribution in [0.2, 0.25) is 0 Å². The van der Waals surface area contributed by atoms with Crippen LogP contribution in [-0.4, -0.2) is 40.7 Å². The summed E-state index contributed by atoms with van der Waals surface area (Å²) >= 11 is 1.63. The van der Waals surface area contributed by atoms with E-state index in [1.54, 1.807) is 22.4 Å². The standard InChI is InChI=1S/C14H24N4O2S/c1-14(2,3)20-13(19)18-6-4-10(9-18)11(17-15)8-12-16-5-7-21-12/h5,7,10-11,17H,4,6,8-9,15H2,1-3H3. The second kappa shape index (κ2) is 6.72. The maximum absolute atomic E-state index is 12.1. The van der Waals surface area contributed by atoms with E-state index in [4.69, 9.17) is 10.6 Å². The molecular formula is C14H24N4O2S. The number of carbonyl (C=O) groups excluding carboxylic acids is 1. The Bertz CT molecular complexity index is 458. The van der Waals surface area contributed by atoms with E-state index in [0.717, 1.165) is 24.4 Å². The summed E-state index contributed by atoms with van der Waals surface area (Å²) in [6.07, 6.45) is 3.28. The monoisotopic (exact) mass is 312 g/mol. The van der Waals surface area contributed by atoms with Gasteiger partial charge in [0.15, 0.2) is 0 Å². The summed E-state index contributed by atoms with van der Waals surface area (Å²) in [7, 11) is 0. The summed E-state index contributed by atoms with van der Waals surface area (Å²) in [5, 5.41) is 3.03. The number of amides is 1. The minimum Gasteiger partial charge on any atom is -0.444 e. The van der Waals surface area contributed by atoms with Crippen molar-refractivity contribution < 1.29 is 9.53 Å². The molecule has 2 unspecified atom stereocenters. The summed E-state index contributed by atoms with van der Waals surface area (Å²) in [4.78, 5) is 18.1. The van der Waals surface area contributed by atoms with Crippen LogP contribution in [0.3, 0.4) is 0 Å². The maximum Gasteiger partial charge on any atom is 0.410 e. The van der Waals surface area contributed by atoms with Gasteiger partial charge in [0.25, 0.3) is 0 Å². The quantitative estimate of drug-likeness (QED) is 0.654. The Morgan fingerprint density at radius 2 is 2.43 bits per heavy atom. The molecule has 6 nitrogen and oxygen atoms in total. The van der Waals surface area contributed by atoms with Crippen LogP contribution in [0.5, 0.6) is 0 Å².